The quantitative estimate of drug-likeness (QED) is 0.622. The Morgan fingerprint density at radius 3 is 2.72 bits per heavy atom. The average molecular weight is 432 g/mol. The molecule has 1 N–H and O–H groups in total. The molecule has 166 valence electrons. The molecule has 0 bridgehead atoms. The van der Waals surface area contributed by atoms with Gasteiger partial charge in [-0.15, -0.1) is 0 Å². The highest BCUT2D eigenvalue weighted by molar-refractivity contribution is 5.86. The molecule has 1 saturated heterocycles. The van der Waals surface area contributed by atoms with E-state index in [0.717, 1.165) is 41.1 Å². The molecule has 6 heteroatoms. The van der Waals surface area contributed by atoms with Gasteiger partial charge in [-0.05, 0) is 40.5 Å². The number of aromatic nitrogens is 1. The van der Waals surface area contributed by atoms with Gasteiger partial charge in [-0.1, -0.05) is 42.5 Å². The van der Waals surface area contributed by atoms with Crippen LogP contribution in [0.5, 0.6) is 5.75 Å². The van der Waals surface area contributed by atoms with Crippen molar-refractivity contribution in [2.45, 2.75) is 18.6 Å². The number of pyridine rings is 1. The molecule has 4 rings (SSSR count). The van der Waals surface area contributed by atoms with Gasteiger partial charge in [-0.25, -0.2) is 0 Å². The summed E-state index contributed by atoms with van der Waals surface area (Å²) in [6, 6.07) is 20.3. The summed E-state index contributed by atoms with van der Waals surface area (Å²) in [7, 11) is 3.34. The van der Waals surface area contributed by atoms with Crippen molar-refractivity contribution < 1.29 is 14.3 Å². The van der Waals surface area contributed by atoms with Crippen LogP contribution in [0.2, 0.25) is 0 Å². The van der Waals surface area contributed by atoms with E-state index in [1.165, 1.54) is 0 Å². The Bertz CT molecular complexity index is 1060. The van der Waals surface area contributed by atoms with Crippen LogP contribution in [0.3, 0.4) is 0 Å². The van der Waals surface area contributed by atoms with Crippen LogP contribution in [-0.4, -0.2) is 55.2 Å². The topological polar surface area (TPSA) is 63.7 Å². The number of nitrogens with one attached hydrogen (secondary N) is 1. The van der Waals surface area contributed by atoms with Gasteiger partial charge in [0.2, 0.25) is 0 Å². The highest BCUT2D eigenvalue weighted by atomic mass is 16.5. The molecule has 1 aromatic heterocycles. The molecule has 1 fully saturated rings. The number of hydrogen-bond acceptors (Lipinski definition) is 5. The van der Waals surface area contributed by atoms with Crippen LogP contribution in [0.1, 0.15) is 11.1 Å². The van der Waals surface area contributed by atoms with E-state index < -0.39 is 5.60 Å². The molecule has 1 aliphatic rings. The molecule has 0 radical (unpaired) electrons. The minimum Gasteiger partial charge on any atom is -0.497 e. The van der Waals surface area contributed by atoms with Crippen LogP contribution in [0, 0.1) is 0 Å². The zero-order chi connectivity index (χ0) is 22.4. The van der Waals surface area contributed by atoms with Gasteiger partial charge < -0.3 is 14.8 Å². The van der Waals surface area contributed by atoms with Crippen LogP contribution < -0.4 is 10.1 Å². The summed E-state index contributed by atoms with van der Waals surface area (Å²) >= 11 is 0. The fourth-order valence-electron chi connectivity index (χ4n) is 4.30. The lowest BCUT2D eigenvalue weighted by atomic mass is 9.90. The van der Waals surface area contributed by atoms with E-state index in [2.05, 4.69) is 39.5 Å². The molecule has 1 aliphatic heterocycles. The summed E-state index contributed by atoms with van der Waals surface area (Å²) in [6.45, 7) is 2.52. The van der Waals surface area contributed by atoms with Crippen molar-refractivity contribution in [3.05, 3.63) is 84.2 Å². The lowest BCUT2D eigenvalue weighted by molar-refractivity contribution is -0.160. The lowest BCUT2D eigenvalue weighted by Crippen LogP contribution is -2.60. The molecule has 32 heavy (non-hydrogen) atoms. The van der Waals surface area contributed by atoms with Crippen molar-refractivity contribution in [3.8, 4) is 16.9 Å². The normalized spacial score (nSPS) is 18.8. The number of hydrogen-bond donors (Lipinski definition) is 1. The summed E-state index contributed by atoms with van der Waals surface area (Å²) in [5.41, 5.74) is 3.38. The first-order valence-corrected chi connectivity index (χ1v) is 10.8. The Balaban J connectivity index is 1.56. The largest absolute Gasteiger partial charge is 0.497 e. The second-order valence-corrected chi connectivity index (χ2v) is 8.10. The minimum absolute atomic E-state index is 0.0976. The molecule has 1 amide bonds. The number of carbonyl (C=O) groups excluding carboxylic acids is 1. The molecule has 6 nitrogen and oxygen atoms in total. The lowest BCUT2D eigenvalue weighted by Gasteiger charge is -2.41. The Labute approximate surface area is 189 Å². The van der Waals surface area contributed by atoms with Gasteiger partial charge in [0.1, 0.15) is 5.75 Å². The van der Waals surface area contributed by atoms with E-state index >= 15 is 0 Å². The van der Waals surface area contributed by atoms with Crippen LogP contribution in [0.4, 0.5) is 0 Å². The molecule has 1 atom stereocenters. The molecule has 0 saturated carbocycles. The standard InChI is InChI=1S/C26H29N3O3/c1-27-25(30)26(16-20-6-3-8-22(14-20)23-9-5-11-28-17-23)19-29(12-13-32-26)18-21-7-4-10-24(15-21)31-2/h3-11,14-15,17H,12-13,16,18-19H2,1-2H3,(H,27,30)/t26-/m0/s1. The zero-order valence-electron chi connectivity index (χ0n) is 18.6. The number of ether oxygens (including phenoxy) is 2. The van der Waals surface area contributed by atoms with E-state index in [0.29, 0.717) is 19.6 Å². The maximum Gasteiger partial charge on any atom is 0.253 e. The fourth-order valence-corrected chi connectivity index (χ4v) is 4.30. The maximum atomic E-state index is 13.1. The number of likely N-dealkylation sites (N-methyl/N-ethyl adjacent to an activating group) is 1. The smallest absolute Gasteiger partial charge is 0.253 e. The predicted octanol–water partition coefficient (Wildman–Crippen LogP) is 3.32. The second kappa shape index (κ2) is 9.94. The first-order chi connectivity index (χ1) is 15.6. The summed E-state index contributed by atoms with van der Waals surface area (Å²) in [5, 5.41) is 2.82. The summed E-state index contributed by atoms with van der Waals surface area (Å²) in [6.07, 6.45) is 4.11. The summed E-state index contributed by atoms with van der Waals surface area (Å²) < 4.78 is 11.5. The molecular formula is C26H29N3O3. The number of rotatable bonds is 7. The van der Waals surface area contributed by atoms with Gasteiger partial charge in [0.15, 0.2) is 5.60 Å². The van der Waals surface area contributed by atoms with Crippen LogP contribution in [0.15, 0.2) is 73.1 Å². The van der Waals surface area contributed by atoms with Crippen molar-refractivity contribution in [3.63, 3.8) is 0 Å². The number of carbonyl (C=O) groups is 1. The van der Waals surface area contributed by atoms with E-state index in [1.54, 1.807) is 20.4 Å². The molecule has 0 aliphatic carbocycles. The van der Waals surface area contributed by atoms with Crippen LogP contribution in [-0.2, 0) is 22.5 Å². The molecular weight excluding hydrogens is 402 g/mol. The minimum atomic E-state index is -0.945. The Morgan fingerprint density at radius 1 is 1.12 bits per heavy atom. The third-order valence-corrected chi connectivity index (χ3v) is 5.86. The van der Waals surface area contributed by atoms with Crippen molar-refractivity contribution in [1.82, 2.24) is 15.2 Å². The number of nitrogens with zero attached hydrogens (tertiary/aromatic N) is 2. The van der Waals surface area contributed by atoms with Gasteiger partial charge in [-0.3, -0.25) is 14.7 Å². The van der Waals surface area contributed by atoms with Crippen molar-refractivity contribution in [2.24, 2.45) is 0 Å². The molecule has 2 aromatic carbocycles. The third kappa shape index (κ3) is 4.98. The summed E-state index contributed by atoms with van der Waals surface area (Å²) in [4.78, 5) is 19.5. The van der Waals surface area contributed by atoms with E-state index in [1.807, 2.05) is 42.6 Å². The molecule has 0 spiro atoms. The molecule has 0 unspecified atom stereocenters. The van der Waals surface area contributed by atoms with Gasteiger partial charge >= 0.3 is 0 Å². The molecule has 3 aromatic rings. The predicted molar refractivity (Wildman–Crippen MR) is 124 cm³/mol. The Morgan fingerprint density at radius 2 is 1.94 bits per heavy atom. The first-order valence-electron chi connectivity index (χ1n) is 10.8. The third-order valence-electron chi connectivity index (χ3n) is 5.86. The van der Waals surface area contributed by atoms with Crippen LogP contribution in [0.25, 0.3) is 11.1 Å². The van der Waals surface area contributed by atoms with Crippen LogP contribution >= 0.6 is 0 Å². The van der Waals surface area contributed by atoms with Gasteiger partial charge in [0, 0.05) is 45.5 Å². The number of morpholine rings is 1. The average Bonchev–Trinajstić information content (AvgIpc) is 2.84. The Kier molecular flexibility index (Phi) is 6.83. The monoisotopic (exact) mass is 431 g/mol. The number of benzene rings is 2. The second-order valence-electron chi connectivity index (χ2n) is 8.10. The first kappa shape index (κ1) is 22.0. The SMILES string of the molecule is CNC(=O)[C@]1(Cc2cccc(-c3cccnc3)c2)CN(Cc2cccc(OC)c2)CCO1. The zero-order valence-corrected chi connectivity index (χ0v) is 18.6. The molecule has 2 heterocycles. The van der Waals surface area contributed by atoms with Crippen molar-refractivity contribution in [1.29, 1.82) is 0 Å². The van der Waals surface area contributed by atoms with Crippen molar-refractivity contribution in [2.75, 3.05) is 33.9 Å². The van der Waals surface area contributed by atoms with Gasteiger partial charge in [-0.2, -0.15) is 0 Å². The van der Waals surface area contributed by atoms with Crippen molar-refractivity contribution >= 4 is 5.91 Å². The van der Waals surface area contributed by atoms with Gasteiger partial charge in [0.25, 0.3) is 5.91 Å². The Hall–Kier alpha value is -3.22. The summed E-state index contributed by atoms with van der Waals surface area (Å²) in [5.74, 6) is 0.736. The van der Waals surface area contributed by atoms with E-state index in [9.17, 15) is 4.79 Å². The van der Waals surface area contributed by atoms with Gasteiger partial charge in [0.05, 0.1) is 13.7 Å². The van der Waals surface area contributed by atoms with E-state index in [4.69, 9.17) is 9.47 Å². The maximum absolute atomic E-state index is 13.1. The number of amides is 1. The highest BCUT2D eigenvalue weighted by Crippen LogP contribution is 2.28. The highest BCUT2D eigenvalue weighted by Gasteiger charge is 2.43. The number of methoxy groups -OCH3 is 1. The fraction of sp³-hybridized carbons (Fsp3) is 0.308. The van der Waals surface area contributed by atoms with E-state index in [-0.39, 0.29) is 5.91 Å².